The molecule has 0 unspecified atom stereocenters. The Morgan fingerprint density at radius 3 is 2.73 bits per heavy atom. The Hall–Kier alpha value is -0.940. The molecule has 5 heteroatoms. The average molecular weight is 157 g/mol. The number of nitrogens with zero attached hydrogens (tertiary/aromatic N) is 2. The summed E-state index contributed by atoms with van der Waals surface area (Å²) in [5.74, 6) is 0.923. The Morgan fingerprint density at radius 1 is 1.45 bits per heavy atom. The summed E-state index contributed by atoms with van der Waals surface area (Å²) < 4.78 is 10.1. The first kappa shape index (κ1) is 8.16. The molecular weight excluding hydrogens is 146 g/mol. The van der Waals surface area contributed by atoms with Gasteiger partial charge in [-0.15, -0.1) is 10.2 Å². The monoisotopic (exact) mass is 157 g/mol. The van der Waals surface area contributed by atoms with Crippen molar-refractivity contribution in [1.29, 1.82) is 0 Å². The second-order valence-corrected chi connectivity index (χ2v) is 1.93. The molecular formula is C6H11N3O2. The highest BCUT2D eigenvalue weighted by atomic mass is 16.5. The Balaban J connectivity index is 2.44. The maximum atomic E-state index is 5.25. The second-order valence-electron chi connectivity index (χ2n) is 1.93. The van der Waals surface area contributed by atoms with Crippen LogP contribution in [-0.4, -0.2) is 16.8 Å². The molecule has 0 aliphatic carbocycles. The lowest BCUT2D eigenvalue weighted by Crippen LogP contribution is -1.95. The van der Waals surface area contributed by atoms with Gasteiger partial charge in [0.15, 0.2) is 0 Å². The van der Waals surface area contributed by atoms with Crippen LogP contribution < -0.4 is 5.73 Å². The standard InChI is InChI=1S/C6H11N3O2/c1-2-10-4-6-9-8-5(3-7)11-6/h2-4,7H2,1H3. The van der Waals surface area contributed by atoms with E-state index in [2.05, 4.69) is 10.2 Å². The molecule has 0 atom stereocenters. The Labute approximate surface area is 64.5 Å². The predicted octanol–water partition coefficient (Wildman–Crippen LogP) is 0.0648. The van der Waals surface area contributed by atoms with Crippen LogP contribution in [-0.2, 0) is 17.9 Å². The maximum Gasteiger partial charge on any atom is 0.242 e. The van der Waals surface area contributed by atoms with Gasteiger partial charge in [-0.25, -0.2) is 0 Å². The highest BCUT2D eigenvalue weighted by Gasteiger charge is 2.02. The lowest BCUT2D eigenvalue weighted by molar-refractivity contribution is 0.113. The van der Waals surface area contributed by atoms with Gasteiger partial charge in [0.1, 0.15) is 6.61 Å². The van der Waals surface area contributed by atoms with Crippen LogP contribution in [0.5, 0.6) is 0 Å². The zero-order chi connectivity index (χ0) is 8.10. The third kappa shape index (κ3) is 2.28. The Morgan fingerprint density at radius 2 is 2.18 bits per heavy atom. The van der Waals surface area contributed by atoms with Crippen molar-refractivity contribution in [1.82, 2.24) is 10.2 Å². The molecule has 2 N–H and O–H groups in total. The van der Waals surface area contributed by atoms with Crippen LogP contribution in [0.1, 0.15) is 18.7 Å². The van der Waals surface area contributed by atoms with Gasteiger partial charge in [0.25, 0.3) is 0 Å². The molecule has 0 amide bonds. The van der Waals surface area contributed by atoms with E-state index in [1.54, 1.807) is 0 Å². The molecule has 0 aliphatic heterocycles. The quantitative estimate of drug-likeness (QED) is 0.669. The van der Waals surface area contributed by atoms with Gasteiger partial charge in [0.2, 0.25) is 11.8 Å². The van der Waals surface area contributed by atoms with E-state index in [0.29, 0.717) is 25.0 Å². The molecule has 0 fully saturated rings. The molecule has 0 saturated heterocycles. The van der Waals surface area contributed by atoms with Crippen molar-refractivity contribution in [2.75, 3.05) is 6.61 Å². The second kappa shape index (κ2) is 4.05. The SMILES string of the molecule is CCOCc1nnc(CN)o1. The third-order valence-electron chi connectivity index (χ3n) is 1.11. The van der Waals surface area contributed by atoms with Crippen molar-refractivity contribution in [3.05, 3.63) is 11.8 Å². The van der Waals surface area contributed by atoms with Crippen LogP contribution in [0.4, 0.5) is 0 Å². The van der Waals surface area contributed by atoms with E-state index in [1.807, 2.05) is 6.92 Å². The maximum absolute atomic E-state index is 5.25. The lowest BCUT2D eigenvalue weighted by Gasteiger charge is -1.92. The smallest absolute Gasteiger partial charge is 0.242 e. The molecule has 0 aromatic carbocycles. The fraction of sp³-hybridized carbons (Fsp3) is 0.667. The van der Waals surface area contributed by atoms with Gasteiger partial charge < -0.3 is 14.9 Å². The number of rotatable bonds is 4. The van der Waals surface area contributed by atoms with E-state index in [1.165, 1.54) is 0 Å². The van der Waals surface area contributed by atoms with E-state index in [4.69, 9.17) is 14.9 Å². The number of aromatic nitrogens is 2. The number of hydrogen-bond donors (Lipinski definition) is 1. The van der Waals surface area contributed by atoms with Crippen molar-refractivity contribution in [2.24, 2.45) is 5.73 Å². The van der Waals surface area contributed by atoms with Crippen LogP contribution in [0.25, 0.3) is 0 Å². The molecule has 1 heterocycles. The average Bonchev–Trinajstić information content (AvgIpc) is 2.48. The summed E-state index contributed by atoms with van der Waals surface area (Å²) in [6.07, 6.45) is 0. The van der Waals surface area contributed by atoms with Gasteiger partial charge in [-0.2, -0.15) is 0 Å². The fourth-order valence-corrected chi connectivity index (χ4v) is 0.619. The van der Waals surface area contributed by atoms with Gasteiger partial charge in [0.05, 0.1) is 6.54 Å². The zero-order valence-corrected chi connectivity index (χ0v) is 6.41. The highest BCUT2D eigenvalue weighted by Crippen LogP contribution is 1.99. The van der Waals surface area contributed by atoms with Crippen LogP contribution in [0.15, 0.2) is 4.42 Å². The molecule has 0 aliphatic rings. The first-order valence-corrected chi connectivity index (χ1v) is 3.46. The number of ether oxygens (including phenoxy) is 1. The van der Waals surface area contributed by atoms with E-state index in [0.717, 1.165) is 0 Å². The molecule has 1 rings (SSSR count). The number of nitrogens with two attached hydrogens (primary N) is 1. The van der Waals surface area contributed by atoms with E-state index < -0.39 is 0 Å². The van der Waals surface area contributed by atoms with Crippen molar-refractivity contribution in [2.45, 2.75) is 20.1 Å². The van der Waals surface area contributed by atoms with Crippen molar-refractivity contribution < 1.29 is 9.15 Å². The largest absolute Gasteiger partial charge is 0.421 e. The van der Waals surface area contributed by atoms with Crippen LogP contribution in [0, 0.1) is 0 Å². The molecule has 0 saturated carbocycles. The van der Waals surface area contributed by atoms with Crippen molar-refractivity contribution in [3.63, 3.8) is 0 Å². The zero-order valence-electron chi connectivity index (χ0n) is 6.41. The minimum absolute atomic E-state index is 0.277. The molecule has 1 aromatic heterocycles. The first-order chi connectivity index (χ1) is 5.36. The minimum Gasteiger partial charge on any atom is -0.421 e. The molecule has 11 heavy (non-hydrogen) atoms. The van der Waals surface area contributed by atoms with Gasteiger partial charge in [-0.05, 0) is 6.92 Å². The van der Waals surface area contributed by atoms with E-state index in [9.17, 15) is 0 Å². The first-order valence-electron chi connectivity index (χ1n) is 3.46. The van der Waals surface area contributed by atoms with Gasteiger partial charge in [-0.1, -0.05) is 0 Å². The summed E-state index contributed by atoms with van der Waals surface area (Å²) in [4.78, 5) is 0. The van der Waals surface area contributed by atoms with Gasteiger partial charge >= 0.3 is 0 Å². The lowest BCUT2D eigenvalue weighted by atomic mass is 10.7. The third-order valence-corrected chi connectivity index (χ3v) is 1.11. The Bertz CT molecular complexity index is 211. The molecule has 0 spiro atoms. The number of hydrogen-bond acceptors (Lipinski definition) is 5. The highest BCUT2D eigenvalue weighted by molar-refractivity contribution is 4.78. The summed E-state index contributed by atoms with van der Waals surface area (Å²) in [6, 6.07) is 0. The normalized spacial score (nSPS) is 10.4. The van der Waals surface area contributed by atoms with E-state index in [-0.39, 0.29) is 6.54 Å². The predicted molar refractivity (Wildman–Crippen MR) is 37.5 cm³/mol. The molecule has 5 nitrogen and oxygen atoms in total. The van der Waals surface area contributed by atoms with Gasteiger partial charge in [0, 0.05) is 6.61 Å². The van der Waals surface area contributed by atoms with Crippen molar-refractivity contribution >= 4 is 0 Å². The summed E-state index contributed by atoms with van der Waals surface area (Å²) in [7, 11) is 0. The summed E-state index contributed by atoms with van der Waals surface area (Å²) in [5.41, 5.74) is 5.25. The fourth-order valence-electron chi connectivity index (χ4n) is 0.619. The molecule has 1 aromatic rings. The summed E-state index contributed by atoms with van der Waals surface area (Å²) in [6.45, 7) is 3.18. The summed E-state index contributed by atoms with van der Waals surface area (Å²) >= 11 is 0. The summed E-state index contributed by atoms with van der Waals surface area (Å²) in [5, 5.41) is 7.37. The molecule has 0 radical (unpaired) electrons. The van der Waals surface area contributed by atoms with Crippen LogP contribution in [0.3, 0.4) is 0 Å². The minimum atomic E-state index is 0.277. The molecule has 0 bridgehead atoms. The Kier molecular flexibility index (Phi) is 3.00. The topological polar surface area (TPSA) is 74.2 Å². The van der Waals surface area contributed by atoms with Crippen LogP contribution in [0.2, 0.25) is 0 Å². The van der Waals surface area contributed by atoms with Crippen LogP contribution >= 0.6 is 0 Å². The molecule has 62 valence electrons. The van der Waals surface area contributed by atoms with Gasteiger partial charge in [-0.3, -0.25) is 0 Å². The van der Waals surface area contributed by atoms with Crippen molar-refractivity contribution in [3.8, 4) is 0 Å². The van der Waals surface area contributed by atoms with E-state index >= 15 is 0 Å².